The zero-order chi connectivity index (χ0) is 8.86. The van der Waals surface area contributed by atoms with Crippen molar-refractivity contribution in [2.24, 2.45) is 0 Å². The van der Waals surface area contributed by atoms with Crippen LogP contribution in [0.3, 0.4) is 0 Å². The van der Waals surface area contributed by atoms with E-state index >= 15 is 0 Å². The molecule has 1 rings (SSSR count). The fourth-order valence-corrected chi connectivity index (χ4v) is 1.52. The molecule has 0 fully saturated rings. The molecule has 7 heteroatoms. The van der Waals surface area contributed by atoms with E-state index in [1.807, 2.05) is 31.9 Å². The Hall–Kier alpha value is 0.380. The molecule has 1 nitrogen and oxygen atoms in total. The highest BCUT2D eigenvalue weighted by molar-refractivity contribution is 9.10. The van der Waals surface area contributed by atoms with Crippen molar-refractivity contribution in [3.63, 3.8) is 0 Å². The smallest absolute Gasteiger partial charge is 0.279 e. The second-order valence-corrected chi connectivity index (χ2v) is 3.80. The monoisotopic (exact) mass is 298 g/mol. The second kappa shape index (κ2) is 2.43. The van der Waals surface area contributed by atoms with Crippen molar-refractivity contribution in [3.05, 3.63) is 11.7 Å². The Balaban J connectivity index is 3.09. The summed E-state index contributed by atoms with van der Waals surface area (Å²) in [6, 6.07) is 0. The summed E-state index contributed by atoms with van der Waals surface area (Å²) in [5.74, 6) is -3.92. The topological polar surface area (TPSA) is 9.23 Å². The van der Waals surface area contributed by atoms with Gasteiger partial charge in [0.2, 0.25) is 11.7 Å². The maximum absolute atomic E-state index is 12.5. The fourth-order valence-electron chi connectivity index (χ4n) is 0.506. The van der Waals surface area contributed by atoms with Gasteiger partial charge in [-0.3, -0.25) is 4.74 Å². The third-order valence-electron chi connectivity index (χ3n) is 0.960. The van der Waals surface area contributed by atoms with E-state index in [4.69, 9.17) is 0 Å². The Labute approximate surface area is 75.6 Å². The summed E-state index contributed by atoms with van der Waals surface area (Å²) >= 11 is 3.98. The van der Waals surface area contributed by atoms with Crippen LogP contribution in [0.4, 0.5) is 17.6 Å². The molecule has 0 N–H and O–H groups in total. The van der Waals surface area contributed by atoms with Crippen molar-refractivity contribution < 1.29 is 22.3 Å². The molecule has 1 aliphatic heterocycles. The number of rotatable bonds is 0. The van der Waals surface area contributed by atoms with E-state index < -0.39 is 21.2 Å². The highest BCUT2D eigenvalue weighted by atomic mass is 79.9. The van der Waals surface area contributed by atoms with Gasteiger partial charge in [-0.2, -0.15) is 8.78 Å². The van der Waals surface area contributed by atoms with E-state index in [0.29, 0.717) is 0 Å². The third-order valence-corrected chi connectivity index (χ3v) is 1.98. The van der Waals surface area contributed by atoms with Crippen LogP contribution in [0.5, 0.6) is 0 Å². The minimum Gasteiger partial charge on any atom is -0.279 e. The molecule has 0 unspecified atom stereocenters. The van der Waals surface area contributed by atoms with Gasteiger partial charge < -0.3 is 0 Å². The van der Waals surface area contributed by atoms with Gasteiger partial charge in [0.15, 0.2) is 0 Å². The van der Waals surface area contributed by atoms with Gasteiger partial charge >= 0.3 is 9.53 Å². The van der Waals surface area contributed by atoms with Gasteiger partial charge in [0.25, 0.3) is 0 Å². The Morgan fingerprint density at radius 1 is 1.00 bits per heavy atom. The molecule has 0 aromatic rings. The number of hydrogen-bond donors (Lipinski definition) is 0. The minimum atomic E-state index is -3.21. The Bertz CT molecular complexity index is 202. The molecule has 0 aliphatic carbocycles. The summed E-state index contributed by atoms with van der Waals surface area (Å²) in [6.45, 7) is 0. The quantitative estimate of drug-likeness (QED) is 0.493. The van der Waals surface area contributed by atoms with Crippen molar-refractivity contribution >= 4 is 31.9 Å². The summed E-state index contributed by atoms with van der Waals surface area (Å²) < 4.78 is 46.8. The van der Waals surface area contributed by atoms with Crippen molar-refractivity contribution in [2.75, 3.05) is 0 Å². The van der Waals surface area contributed by atoms with E-state index in [2.05, 4.69) is 4.74 Å². The molecule has 0 saturated heterocycles. The molecule has 0 saturated carbocycles. The molecular weight excluding hydrogens is 300 g/mol. The average molecular weight is 300 g/mol. The van der Waals surface area contributed by atoms with Crippen LogP contribution in [0.1, 0.15) is 0 Å². The van der Waals surface area contributed by atoms with Crippen molar-refractivity contribution in [3.8, 4) is 0 Å². The summed E-state index contributed by atoms with van der Waals surface area (Å²) in [7, 11) is 0. The number of alkyl halides is 4. The molecule has 64 valence electrons. The van der Waals surface area contributed by atoms with Gasteiger partial charge in [0.1, 0.15) is 0 Å². The second-order valence-electron chi connectivity index (χ2n) is 1.76. The normalized spacial score (nSPS) is 45.3. The first-order valence-corrected chi connectivity index (χ1v) is 3.88. The van der Waals surface area contributed by atoms with Crippen LogP contribution < -0.4 is 0 Å². The Morgan fingerprint density at radius 2 is 1.27 bits per heavy atom. The van der Waals surface area contributed by atoms with E-state index in [0.717, 1.165) is 0 Å². The predicted molar refractivity (Wildman–Crippen MR) is 35.9 cm³/mol. The standard InChI is InChI=1S/C4Br2F4O/c5-3(9)1(7)2(8)4(6,10)11-3/t3-,4+. The van der Waals surface area contributed by atoms with Gasteiger partial charge in [-0.25, -0.2) is 8.78 Å². The van der Waals surface area contributed by atoms with Gasteiger partial charge in [-0.05, 0) is 31.9 Å². The molecule has 0 aromatic heterocycles. The van der Waals surface area contributed by atoms with E-state index in [-0.39, 0.29) is 0 Å². The highest BCUT2D eigenvalue weighted by Gasteiger charge is 2.57. The van der Waals surface area contributed by atoms with Gasteiger partial charge in [0, 0.05) is 0 Å². The van der Waals surface area contributed by atoms with E-state index in [9.17, 15) is 17.6 Å². The summed E-state index contributed by atoms with van der Waals surface area (Å²) in [5, 5.41) is 0. The summed E-state index contributed by atoms with van der Waals surface area (Å²) in [6.07, 6.45) is 0. The number of ether oxygens (including phenoxy) is 1. The maximum Gasteiger partial charge on any atom is 0.324 e. The zero-order valence-corrected chi connectivity index (χ0v) is 7.85. The van der Waals surface area contributed by atoms with Gasteiger partial charge in [-0.1, -0.05) is 0 Å². The van der Waals surface area contributed by atoms with Crippen LogP contribution in [0, 0.1) is 0 Å². The Morgan fingerprint density at radius 3 is 1.36 bits per heavy atom. The molecule has 0 amide bonds. The molecule has 11 heavy (non-hydrogen) atoms. The Kier molecular flexibility index (Phi) is 2.09. The van der Waals surface area contributed by atoms with Crippen LogP contribution >= 0.6 is 31.9 Å². The first kappa shape index (κ1) is 9.47. The molecule has 2 atom stereocenters. The van der Waals surface area contributed by atoms with Gasteiger partial charge in [-0.15, -0.1) is 0 Å². The average Bonchev–Trinajstić information content (AvgIpc) is 1.91. The van der Waals surface area contributed by atoms with Crippen LogP contribution in [0.2, 0.25) is 0 Å². The first-order valence-electron chi connectivity index (χ1n) is 2.29. The molecule has 0 radical (unpaired) electrons. The van der Waals surface area contributed by atoms with Crippen LogP contribution in [0.15, 0.2) is 11.7 Å². The zero-order valence-electron chi connectivity index (χ0n) is 4.68. The summed E-state index contributed by atoms with van der Waals surface area (Å²) in [4.78, 5) is 0. The molecule has 0 spiro atoms. The molecule has 1 heterocycles. The number of hydrogen-bond acceptors (Lipinski definition) is 1. The molecule has 1 aliphatic rings. The lowest BCUT2D eigenvalue weighted by Gasteiger charge is -2.13. The number of halogens is 6. The van der Waals surface area contributed by atoms with E-state index in [1.54, 1.807) is 0 Å². The van der Waals surface area contributed by atoms with Gasteiger partial charge in [0.05, 0.1) is 0 Å². The maximum atomic E-state index is 12.5. The lowest BCUT2D eigenvalue weighted by molar-refractivity contribution is -0.124. The van der Waals surface area contributed by atoms with Crippen molar-refractivity contribution in [2.45, 2.75) is 9.53 Å². The molecule has 0 bridgehead atoms. The molecule has 0 aromatic carbocycles. The first-order chi connectivity index (χ1) is 4.77. The van der Waals surface area contributed by atoms with Crippen molar-refractivity contribution in [1.82, 2.24) is 0 Å². The lowest BCUT2D eigenvalue weighted by Crippen LogP contribution is -2.21. The SMILES string of the molecule is FC1=C(F)[C@](F)(Br)O[C@]1(F)Br. The summed E-state index contributed by atoms with van der Waals surface area (Å²) in [5.41, 5.74) is 0. The largest absolute Gasteiger partial charge is 0.324 e. The van der Waals surface area contributed by atoms with Crippen LogP contribution in [-0.4, -0.2) is 9.53 Å². The highest BCUT2D eigenvalue weighted by Crippen LogP contribution is 2.51. The molecular formula is C4Br2F4O. The third kappa shape index (κ3) is 1.46. The van der Waals surface area contributed by atoms with Crippen molar-refractivity contribution in [1.29, 1.82) is 0 Å². The minimum absolute atomic E-state index is 1.96. The predicted octanol–water partition coefficient (Wildman–Crippen LogP) is 3.20. The van der Waals surface area contributed by atoms with E-state index in [1.165, 1.54) is 0 Å². The lowest BCUT2D eigenvalue weighted by atomic mass is 10.5. The van der Waals surface area contributed by atoms with Crippen LogP contribution in [0.25, 0.3) is 0 Å². The van der Waals surface area contributed by atoms with Crippen LogP contribution in [-0.2, 0) is 4.74 Å². The fraction of sp³-hybridized carbons (Fsp3) is 0.500.